The Labute approximate surface area is 214 Å². The van der Waals surface area contributed by atoms with E-state index in [1.165, 1.54) is 18.3 Å². The highest BCUT2D eigenvalue weighted by Crippen LogP contribution is 2.29. The number of hydrogen-bond donors (Lipinski definition) is 2. The topological polar surface area (TPSA) is 80.0 Å². The van der Waals surface area contributed by atoms with Gasteiger partial charge in [-0.15, -0.1) is 0 Å². The normalized spacial score (nSPS) is 11.1. The number of halogens is 1. The van der Waals surface area contributed by atoms with Crippen LogP contribution in [0.15, 0.2) is 79.0 Å². The number of pyridine rings is 1. The molecule has 2 aromatic heterocycles. The molecule has 0 saturated heterocycles. The van der Waals surface area contributed by atoms with Gasteiger partial charge in [0.25, 0.3) is 0 Å². The molecule has 0 saturated carbocycles. The quantitative estimate of drug-likeness (QED) is 0.261. The average Bonchev–Trinajstić information content (AvgIpc) is 3.20. The molecular weight excluding hydrogens is 472 g/mol. The minimum absolute atomic E-state index is 0.197. The number of imidazole rings is 1. The molecule has 5 aromatic rings. The lowest BCUT2D eigenvalue weighted by Crippen LogP contribution is -2.05. The van der Waals surface area contributed by atoms with Gasteiger partial charge in [0.1, 0.15) is 11.6 Å². The van der Waals surface area contributed by atoms with Crippen molar-refractivity contribution in [3.63, 3.8) is 0 Å². The number of fused-ring (bicyclic) bond motifs is 1. The van der Waals surface area contributed by atoms with Crippen molar-refractivity contribution in [1.82, 2.24) is 14.5 Å². The summed E-state index contributed by atoms with van der Waals surface area (Å²) in [5, 5.41) is 13.2. The predicted molar refractivity (Wildman–Crippen MR) is 144 cm³/mol. The van der Waals surface area contributed by atoms with Gasteiger partial charge in [-0.3, -0.25) is 0 Å². The predicted octanol–water partition coefficient (Wildman–Crippen LogP) is 6.73. The number of nitrogens with zero attached hydrogens (tertiary/aromatic N) is 3. The van der Waals surface area contributed by atoms with Crippen molar-refractivity contribution in [3.8, 4) is 11.1 Å². The molecule has 0 aliphatic carbocycles. The number of aryl methyl sites for hydroxylation is 2. The van der Waals surface area contributed by atoms with Crippen LogP contribution in [0, 0.1) is 13.8 Å². The van der Waals surface area contributed by atoms with Crippen LogP contribution in [0.3, 0.4) is 0 Å². The number of benzene rings is 3. The van der Waals surface area contributed by atoms with E-state index in [0.29, 0.717) is 18.9 Å². The molecule has 6 nitrogen and oxygen atoms in total. The largest absolute Gasteiger partial charge is 0.478 e. The van der Waals surface area contributed by atoms with E-state index in [1.54, 1.807) is 0 Å². The van der Waals surface area contributed by atoms with Gasteiger partial charge in [-0.2, -0.15) is 0 Å². The summed E-state index contributed by atoms with van der Waals surface area (Å²) < 4.78 is 2.18. The molecule has 0 fully saturated rings. The van der Waals surface area contributed by atoms with Crippen LogP contribution in [0.2, 0.25) is 5.02 Å². The molecule has 0 atom stereocenters. The smallest absolute Gasteiger partial charge is 0.335 e. The van der Waals surface area contributed by atoms with Crippen LogP contribution in [0.5, 0.6) is 0 Å². The first-order chi connectivity index (χ1) is 17.4. The minimum atomic E-state index is -0.979. The number of carboxylic acid groups (broad SMARTS) is 1. The molecule has 2 N–H and O–H groups in total. The number of carbonyl (C=O) groups is 1. The molecule has 0 aliphatic rings. The van der Waals surface area contributed by atoms with Crippen molar-refractivity contribution in [3.05, 3.63) is 112 Å². The zero-order valence-corrected chi connectivity index (χ0v) is 20.8. The van der Waals surface area contributed by atoms with Gasteiger partial charge >= 0.3 is 5.97 Å². The van der Waals surface area contributed by atoms with Crippen LogP contribution >= 0.6 is 11.6 Å². The van der Waals surface area contributed by atoms with Gasteiger partial charge in [0, 0.05) is 17.8 Å². The van der Waals surface area contributed by atoms with E-state index in [9.17, 15) is 9.90 Å². The fraction of sp³-hybridized carbons (Fsp3) is 0.138. The summed E-state index contributed by atoms with van der Waals surface area (Å²) in [6.45, 7) is 5.16. The summed E-state index contributed by atoms with van der Waals surface area (Å²) in [5.41, 5.74) is 7.54. The van der Waals surface area contributed by atoms with Crippen LogP contribution in [-0.4, -0.2) is 25.6 Å². The monoisotopic (exact) mass is 496 g/mol. The van der Waals surface area contributed by atoms with E-state index in [0.717, 1.165) is 49.7 Å². The second kappa shape index (κ2) is 9.84. The maximum Gasteiger partial charge on any atom is 0.335 e. The molecule has 0 bridgehead atoms. The first kappa shape index (κ1) is 23.6. The molecule has 7 heteroatoms. The van der Waals surface area contributed by atoms with Crippen molar-refractivity contribution < 1.29 is 9.90 Å². The van der Waals surface area contributed by atoms with E-state index in [-0.39, 0.29) is 5.56 Å². The Bertz CT molecular complexity index is 1580. The molecule has 0 aliphatic heterocycles. The Hall–Kier alpha value is -4.16. The molecule has 0 spiro atoms. The van der Waals surface area contributed by atoms with Crippen molar-refractivity contribution in [1.29, 1.82) is 0 Å². The lowest BCUT2D eigenvalue weighted by atomic mass is 10.0. The number of anilines is 1. The number of nitrogens with one attached hydrogen (secondary N) is 1. The SMILES string of the molecule is Cc1cc(CNc2cc(C(=O)O)ccn2)cc2c1nc(C)n2Cc1ccc(-c2ccccc2)cc1Cl. The third kappa shape index (κ3) is 4.81. The van der Waals surface area contributed by atoms with Gasteiger partial charge < -0.3 is 15.0 Å². The van der Waals surface area contributed by atoms with Crippen molar-refractivity contribution in [2.24, 2.45) is 0 Å². The Kier molecular flexibility index (Phi) is 6.44. The van der Waals surface area contributed by atoms with Crippen LogP contribution in [-0.2, 0) is 13.1 Å². The summed E-state index contributed by atoms with van der Waals surface area (Å²) >= 11 is 6.72. The summed E-state index contributed by atoms with van der Waals surface area (Å²) in [4.78, 5) is 20.3. The second-order valence-electron chi connectivity index (χ2n) is 8.79. The summed E-state index contributed by atoms with van der Waals surface area (Å²) in [6.07, 6.45) is 1.49. The van der Waals surface area contributed by atoms with Gasteiger partial charge in [-0.05, 0) is 65.9 Å². The van der Waals surface area contributed by atoms with E-state index >= 15 is 0 Å². The zero-order valence-electron chi connectivity index (χ0n) is 20.0. The first-order valence-corrected chi connectivity index (χ1v) is 12.0. The Balaban J connectivity index is 1.43. The van der Waals surface area contributed by atoms with Gasteiger partial charge in [0.05, 0.1) is 23.1 Å². The Morgan fingerprint density at radius 2 is 1.81 bits per heavy atom. The molecule has 2 heterocycles. The van der Waals surface area contributed by atoms with Gasteiger partial charge in [-0.25, -0.2) is 14.8 Å². The van der Waals surface area contributed by atoms with E-state index in [4.69, 9.17) is 16.6 Å². The fourth-order valence-electron chi connectivity index (χ4n) is 4.39. The second-order valence-corrected chi connectivity index (χ2v) is 9.19. The zero-order chi connectivity index (χ0) is 25.2. The Morgan fingerprint density at radius 1 is 1.00 bits per heavy atom. The molecule has 0 unspecified atom stereocenters. The number of carboxylic acids is 1. The molecule has 5 rings (SSSR count). The fourth-order valence-corrected chi connectivity index (χ4v) is 4.63. The highest BCUT2D eigenvalue weighted by atomic mass is 35.5. The van der Waals surface area contributed by atoms with Crippen LogP contribution in [0.1, 0.15) is 32.9 Å². The van der Waals surface area contributed by atoms with Gasteiger partial charge in [-0.1, -0.05) is 60.1 Å². The first-order valence-electron chi connectivity index (χ1n) is 11.6. The minimum Gasteiger partial charge on any atom is -0.478 e. The van der Waals surface area contributed by atoms with Crippen molar-refractivity contribution in [2.75, 3.05) is 5.32 Å². The van der Waals surface area contributed by atoms with Gasteiger partial charge in [0.15, 0.2) is 0 Å². The maximum atomic E-state index is 11.2. The van der Waals surface area contributed by atoms with Crippen LogP contribution < -0.4 is 5.32 Å². The molecule has 0 radical (unpaired) electrons. The number of aromatic carboxylic acids is 1. The molecule has 36 heavy (non-hydrogen) atoms. The summed E-state index contributed by atoms with van der Waals surface area (Å²) in [6, 6.07) is 23.6. The van der Waals surface area contributed by atoms with E-state index < -0.39 is 5.97 Å². The van der Waals surface area contributed by atoms with Crippen LogP contribution in [0.4, 0.5) is 5.82 Å². The molecule has 3 aromatic carbocycles. The van der Waals surface area contributed by atoms with E-state index in [2.05, 4.69) is 51.3 Å². The molecule has 0 amide bonds. The van der Waals surface area contributed by atoms with Crippen molar-refractivity contribution in [2.45, 2.75) is 26.9 Å². The van der Waals surface area contributed by atoms with Crippen molar-refractivity contribution >= 4 is 34.4 Å². The number of hydrogen-bond acceptors (Lipinski definition) is 4. The third-order valence-corrected chi connectivity index (χ3v) is 6.62. The molecular formula is C29H25ClN4O2. The summed E-state index contributed by atoms with van der Waals surface area (Å²) in [7, 11) is 0. The highest BCUT2D eigenvalue weighted by molar-refractivity contribution is 6.31. The molecule has 180 valence electrons. The van der Waals surface area contributed by atoms with E-state index in [1.807, 2.05) is 38.1 Å². The Morgan fingerprint density at radius 3 is 2.56 bits per heavy atom. The van der Waals surface area contributed by atoms with Crippen LogP contribution in [0.25, 0.3) is 22.2 Å². The average molecular weight is 497 g/mol. The lowest BCUT2D eigenvalue weighted by molar-refractivity contribution is 0.0697. The number of aromatic nitrogens is 3. The highest BCUT2D eigenvalue weighted by Gasteiger charge is 2.14. The maximum absolute atomic E-state index is 11.2. The summed E-state index contributed by atoms with van der Waals surface area (Å²) in [5.74, 6) is 0.451. The standard InChI is InChI=1S/C29H25ClN4O2/c1-18-12-20(16-32-27-15-23(29(35)36)10-11-31-27)13-26-28(18)33-19(2)34(26)17-24-9-8-22(14-25(24)30)21-6-4-3-5-7-21/h3-15H,16-17H2,1-2H3,(H,31,32)(H,35,36). The van der Waals surface area contributed by atoms with Gasteiger partial charge in [0.2, 0.25) is 0 Å². The third-order valence-electron chi connectivity index (χ3n) is 6.26. The lowest BCUT2D eigenvalue weighted by Gasteiger charge is -2.12. The number of rotatable bonds is 7.